The van der Waals surface area contributed by atoms with Gasteiger partial charge in [0.05, 0.1) is 24.3 Å². The van der Waals surface area contributed by atoms with Gasteiger partial charge in [-0.1, -0.05) is 42.5 Å². The maximum Gasteiger partial charge on any atom is 0.325 e. The Labute approximate surface area is 162 Å². The largest absolute Gasteiger partial charge is 0.480 e. The number of imide groups is 1. The number of hydrogen-bond donors (Lipinski definition) is 2. The van der Waals surface area contributed by atoms with Crippen LogP contribution in [-0.2, 0) is 19.2 Å². The number of fused-ring (bicyclic) bond motifs is 5. The molecule has 146 valence electrons. The normalized spacial score (nSPS) is 29.7. The number of nitrogens with one attached hydrogen (secondary N) is 1. The zero-order valence-electron chi connectivity index (χ0n) is 15.4. The Bertz CT molecular complexity index is 835. The number of benzene rings is 1. The third-order valence-electron chi connectivity index (χ3n) is 6.13. The van der Waals surface area contributed by atoms with Crippen molar-refractivity contribution in [3.63, 3.8) is 0 Å². The fraction of sp³-hybridized carbons (Fsp3) is 0.429. The second kappa shape index (κ2) is 6.89. The first-order valence-corrected chi connectivity index (χ1v) is 9.51. The minimum atomic E-state index is -1.14. The first-order valence-electron chi connectivity index (χ1n) is 9.51. The summed E-state index contributed by atoms with van der Waals surface area (Å²) in [7, 11) is 0. The molecule has 6 unspecified atom stereocenters. The molecule has 1 aromatic carbocycles. The summed E-state index contributed by atoms with van der Waals surface area (Å²) in [4.78, 5) is 51.1. The van der Waals surface area contributed by atoms with E-state index in [1.165, 1.54) is 11.8 Å². The number of aliphatic carboxylic acids is 1. The Kier molecular flexibility index (Phi) is 4.53. The van der Waals surface area contributed by atoms with Crippen LogP contribution in [0.5, 0.6) is 0 Å². The fourth-order valence-corrected chi connectivity index (χ4v) is 4.80. The lowest BCUT2D eigenvalue weighted by atomic mass is 9.85. The summed E-state index contributed by atoms with van der Waals surface area (Å²) in [6.45, 7) is 1.37. The Morgan fingerprint density at radius 2 is 1.68 bits per heavy atom. The van der Waals surface area contributed by atoms with Crippen molar-refractivity contribution in [1.29, 1.82) is 0 Å². The lowest BCUT2D eigenvalue weighted by Crippen LogP contribution is -2.42. The van der Waals surface area contributed by atoms with Crippen LogP contribution in [0.4, 0.5) is 0 Å². The van der Waals surface area contributed by atoms with Crippen molar-refractivity contribution >= 4 is 23.7 Å². The van der Waals surface area contributed by atoms with Gasteiger partial charge in [-0.05, 0) is 30.7 Å². The molecular formula is C21H22N2O5. The molecule has 0 aromatic heterocycles. The van der Waals surface area contributed by atoms with Gasteiger partial charge in [0.25, 0.3) is 0 Å². The van der Waals surface area contributed by atoms with E-state index in [4.69, 9.17) is 5.11 Å². The van der Waals surface area contributed by atoms with E-state index >= 15 is 0 Å². The number of carbonyl (C=O) groups excluding carboxylic acids is 3. The molecule has 4 rings (SSSR count). The van der Waals surface area contributed by atoms with Crippen LogP contribution in [0.3, 0.4) is 0 Å². The lowest BCUT2D eigenvalue weighted by Gasteiger charge is -2.28. The van der Waals surface area contributed by atoms with Gasteiger partial charge in [-0.3, -0.25) is 24.1 Å². The van der Waals surface area contributed by atoms with Crippen molar-refractivity contribution in [3.8, 4) is 0 Å². The van der Waals surface area contributed by atoms with Gasteiger partial charge in [-0.2, -0.15) is 0 Å². The highest BCUT2D eigenvalue weighted by Gasteiger charge is 2.60. The van der Waals surface area contributed by atoms with Crippen LogP contribution in [-0.4, -0.2) is 39.7 Å². The Hall–Kier alpha value is -2.96. The number of nitrogens with zero attached hydrogens (tertiary/aromatic N) is 1. The second-order valence-corrected chi connectivity index (χ2v) is 7.80. The molecule has 6 atom stereocenters. The van der Waals surface area contributed by atoms with E-state index in [9.17, 15) is 19.2 Å². The summed E-state index contributed by atoms with van der Waals surface area (Å²) in [6, 6.07) is 7.16. The van der Waals surface area contributed by atoms with Crippen LogP contribution in [0.25, 0.3) is 0 Å². The summed E-state index contributed by atoms with van der Waals surface area (Å²) in [5, 5.41) is 11.4. The molecular weight excluding hydrogens is 360 g/mol. The minimum absolute atomic E-state index is 0.0914. The van der Waals surface area contributed by atoms with Crippen molar-refractivity contribution in [2.24, 2.45) is 23.7 Å². The summed E-state index contributed by atoms with van der Waals surface area (Å²) >= 11 is 0. The van der Waals surface area contributed by atoms with Crippen LogP contribution in [0, 0.1) is 23.7 Å². The summed E-state index contributed by atoms with van der Waals surface area (Å²) in [6.07, 6.45) is 4.73. The molecule has 1 heterocycles. The van der Waals surface area contributed by atoms with Gasteiger partial charge in [-0.15, -0.1) is 0 Å². The summed E-state index contributed by atoms with van der Waals surface area (Å²) in [5.74, 6) is -2.59. The average Bonchev–Trinajstić information content (AvgIpc) is 3.35. The predicted molar refractivity (Wildman–Crippen MR) is 98.6 cm³/mol. The van der Waals surface area contributed by atoms with Crippen molar-refractivity contribution in [3.05, 3.63) is 48.0 Å². The highest BCUT2D eigenvalue weighted by Crippen LogP contribution is 2.54. The number of hydrogen-bond acceptors (Lipinski definition) is 4. The van der Waals surface area contributed by atoms with Crippen LogP contribution in [0.2, 0.25) is 0 Å². The van der Waals surface area contributed by atoms with Gasteiger partial charge < -0.3 is 10.4 Å². The molecule has 7 nitrogen and oxygen atoms in total. The highest BCUT2D eigenvalue weighted by molar-refractivity contribution is 6.07. The monoisotopic (exact) mass is 382 g/mol. The number of carboxylic acids is 1. The average molecular weight is 382 g/mol. The van der Waals surface area contributed by atoms with Crippen LogP contribution < -0.4 is 5.32 Å². The molecule has 2 fully saturated rings. The highest BCUT2D eigenvalue weighted by atomic mass is 16.4. The molecule has 0 radical (unpaired) electrons. The van der Waals surface area contributed by atoms with Gasteiger partial charge in [0.2, 0.25) is 17.7 Å². The van der Waals surface area contributed by atoms with E-state index in [0.717, 1.165) is 6.42 Å². The maximum atomic E-state index is 13.2. The SMILES string of the molecule is CC(NC(=O)CC(c1ccccc1)N1C(=O)C2C3C=CC(C3)C2C1=O)C(=O)O. The van der Waals surface area contributed by atoms with Crippen LogP contribution in [0.1, 0.15) is 31.4 Å². The zero-order valence-corrected chi connectivity index (χ0v) is 15.4. The molecule has 3 aliphatic rings. The number of carbonyl (C=O) groups is 4. The zero-order chi connectivity index (χ0) is 20.0. The van der Waals surface area contributed by atoms with Gasteiger partial charge in [-0.25, -0.2) is 0 Å². The van der Waals surface area contributed by atoms with Gasteiger partial charge in [0, 0.05) is 0 Å². The van der Waals surface area contributed by atoms with Crippen molar-refractivity contribution in [2.45, 2.75) is 31.8 Å². The topological polar surface area (TPSA) is 104 Å². The van der Waals surface area contributed by atoms with E-state index in [1.54, 1.807) is 24.3 Å². The number of carboxylic acid groups (broad SMARTS) is 1. The number of allylic oxidation sites excluding steroid dienone is 2. The van der Waals surface area contributed by atoms with E-state index < -0.39 is 24.0 Å². The van der Waals surface area contributed by atoms with Gasteiger partial charge in [0.1, 0.15) is 6.04 Å². The first-order chi connectivity index (χ1) is 13.4. The molecule has 0 spiro atoms. The molecule has 1 saturated carbocycles. The van der Waals surface area contributed by atoms with Crippen LogP contribution >= 0.6 is 0 Å². The quantitative estimate of drug-likeness (QED) is 0.573. The van der Waals surface area contributed by atoms with Crippen molar-refractivity contribution in [1.82, 2.24) is 10.2 Å². The fourth-order valence-electron chi connectivity index (χ4n) is 4.80. The molecule has 2 N–H and O–H groups in total. The lowest BCUT2D eigenvalue weighted by molar-refractivity contribution is -0.146. The van der Waals surface area contributed by atoms with E-state index in [-0.39, 0.29) is 41.9 Å². The molecule has 28 heavy (non-hydrogen) atoms. The molecule has 1 aliphatic heterocycles. The number of amides is 3. The molecule has 1 aromatic rings. The Morgan fingerprint density at radius 1 is 1.11 bits per heavy atom. The van der Waals surface area contributed by atoms with Crippen LogP contribution in [0.15, 0.2) is 42.5 Å². The third-order valence-corrected chi connectivity index (χ3v) is 6.13. The second-order valence-electron chi connectivity index (χ2n) is 7.80. The number of rotatable bonds is 6. The molecule has 1 saturated heterocycles. The Morgan fingerprint density at radius 3 is 2.21 bits per heavy atom. The van der Waals surface area contributed by atoms with Gasteiger partial charge in [0.15, 0.2) is 0 Å². The predicted octanol–water partition coefficient (Wildman–Crippen LogP) is 1.51. The Balaban J connectivity index is 1.61. The van der Waals surface area contributed by atoms with E-state index in [0.29, 0.717) is 5.56 Å². The molecule has 7 heteroatoms. The first kappa shape index (κ1) is 18.4. The summed E-state index contributed by atoms with van der Waals surface area (Å²) < 4.78 is 0. The molecule has 2 bridgehead atoms. The number of likely N-dealkylation sites (tertiary alicyclic amines) is 1. The summed E-state index contributed by atoms with van der Waals surface area (Å²) in [5.41, 5.74) is 0.683. The maximum absolute atomic E-state index is 13.2. The van der Waals surface area contributed by atoms with Gasteiger partial charge >= 0.3 is 5.97 Å². The molecule has 3 amide bonds. The van der Waals surface area contributed by atoms with Crippen molar-refractivity contribution in [2.75, 3.05) is 0 Å². The minimum Gasteiger partial charge on any atom is -0.480 e. The third kappa shape index (κ3) is 2.91. The van der Waals surface area contributed by atoms with Crippen molar-refractivity contribution < 1.29 is 24.3 Å². The molecule has 2 aliphatic carbocycles. The standard InChI is InChI=1S/C21H22N2O5/c1-11(21(27)28)22-16(24)10-15(12-5-3-2-4-6-12)23-19(25)17-13-7-8-14(9-13)18(17)20(23)26/h2-8,11,13-15,17-18H,9-10H2,1H3,(H,22,24)(H,27,28). The van der Waals surface area contributed by atoms with E-state index in [2.05, 4.69) is 5.32 Å². The van der Waals surface area contributed by atoms with E-state index in [1.807, 2.05) is 18.2 Å². The smallest absolute Gasteiger partial charge is 0.325 e.